The average molecular weight is 396 g/mol. The van der Waals surface area contributed by atoms with Crippen LogP contribution in [0.4, 0.5) is 13.9 Å². The topological polar surface area (TPSA) is 77.0 Å². The maximum absolute atomic E-state index is 12.4. The molecule has 1 amide bonds. The molecule has 0 aliphatic carbocycles. The Morgan fingerprint density at radius 2 is 2.04 bits per heavy atom. The largest absolute Gasteiger partial charge is 0.435 e. The monoisotopic (exact) mass is 396 g/mol. The molecule has 0 atom stereocenters. The Balaban J connectivity index is 1.78. The Bertz CT molecular complexity index is 909. The lowest BCUT2D eigenvalue weighted by Gasteiger charge is -2.05. The van der Waals surface area contributed by atoms with E-state index in [4.69, 9.17) is 0 Å². The van der Waals surface area contributed by atoms with Gasteiger partial charge in [-0.15, -0.1) is 16.4 Å². The first-order valence-electron chi connectivity index (χ1n) is 7.63. The second kappa shape index (κ2) is 7.83. The number of thiazole rings is 1. The van der Waals surface area contributed by atoms with Crippen LogP contribution >= 0.6 is 22.9 Å². The van der Waals surface area contributed by atoms with Gasteiger partial charge in [0.1, 0.15) is 10.6 Å². The quantitative estimate of drug-likeness (QED) is 0.669. The maximum Gasteiger partial charge on any atom is 0.387 e. The van der Waals surface area contributed by atoms with Gasteiger partial charge in [0.25, 0.3) is 5.91 Å². The van der Waals surface area contributed by atoms with E-state index < -0.39 is 6.61 Å². The van der Waals surface area contributed by atoms with Crippen LogP contribution in [0.2, 0.25) is 0 Å². The lowest BCUT2D eigenvalue weighted by molar-refractivity contribution is -0.0498. The predicted octanol–water partition coefficient (Wildman–Crippen LogP) is 4.39. The van der Waals surface area contributed by atoms with E-state index >= 15 is 0 Å². The average Bonchev–Trinajstić information content (AvgIpc) is 3.21. The van der Waals surface area contributed by atoms with Crippen LogP contribution in [0, 0.1) is 6.92 Å². The summed E-state index contributed by atoms with van der Waals surface area (Å²) in [6.07, 6.45) is 0.619. The molecule has 0 aliphatic heterocycles. The summed E-state index contributed by atoms with van der Waals surface area (Å²) in [5.41, 5.74) is 2.07. The van der Waals surface area contributed by atoms with E-state index in [0.717, 1.165) is 22.0 Å². The summed E-state index contributed by atoms with van der Waals surface area (Å²) in [7, 11) is 0. The van der Waals surface area contributed by atoms with Crippen LogP contribution in [0.15, 0.2) is 24.3 Å². The van der Waals surface area contributed by atoms with E-state index in [0.29, 0.717) is 27.8 Å². The van der Waals surface area contributed by atoms with Crippen molar-refractivity contribution >= 4 is 33.9 Å². The Labute approximate surface area is 156 Å². The summed E-state index contributed by atoms with van der Waals surface area (Å²) < 4.78 is 32.6. The summed E-state index contributed by atoms with van der Waals surface area (Å²) in [5.74, 6) is -0.215. The van der Waals surface area contributed by atoms with Crippen LogP contribution in [0.1, 0.15) is 27.2 Å². The maximum atomic E-state index is 12.4. The number of hydrogen-bond donors (Lipinski definition) is 1. The van der Waals surface area contributed by atoms with Crippen molar-refractivity contribution in [1.82, 2.24) is 14.6 Å². The van der Waals surface area contributed by atoms with Gasteiger partial charge in [0.15, 0.2) is 5.13 Å². The van der Waals surface area contributed by atoms with E-state index in [2.05, 4.69) is 24.6 Å². The van der Waals surface area contributed by atoms with Crippen LogP contribution < -0.4 is 10.1 Å². The number of benzene rings is 1. The minimum Gasteiger partial charge on any atom is -0.435 e. The van der Waals surface area contributed by atoms with Gasteiger partial charge in [-0.05, 0) is 49.1 Å². The Hall–Kier alpha value is -2.46. The summed E-state index contributed by atoms with van der Waals surface area (Å²) in [5, 5.41) is 7.13. The van der Waals surface area contributed by atoms with Crippen LogP contribution in [-0.2, 0) is 6.42 Å². The molecule has 26 heavy (non-hydrogen) atoms. The first-order chi connectivity index (χ1) is 12.5. The van der Waals surface area contributed by atoms with Crippen molar-refractivity contribution in [3.8, 4) is 17.0 Å². The normalized spacial score (nSPS) is 11.0. The molecule has 0 saturated heterocycles. The number of anilines is 1. The number of ether oxygens (including phenoxy) is 1. The van der Waals surface area contributed by atoms with Crippen molar-refractivity contribution in [3.63, 3.8) is 0 Å². The summed E-state index contributed by atoms with van der Waals surface area (Å²) in [6, 6.07) is 6.20. The molecular weight excluding hydrogens is 382 g/mol. The van der Waals surface area contributed by atoms with Gasteiger partial charge < -0.3 is 4.74 Å². The second-order valence-electron chi connectivity index (χ2n) is 5.18. The minimum absolute atomic E-state index is 0.0787. The number of halogens is 2. The predicted molar refractivity (Wildman–Crippen MR) is 96.2 cm³/mol. The number of nitrogens with one attached hydrogen (secondary N) is 1. The third kappa shape index (κ3) is 4.02. The fourth-order valence-electron chi connectivity index (χ4n) is 2.28. The van der Waals surface area contributed by atoms with Crippen molar-refractivity contribution in [2.45, 2.75) is 26.9 Å². The molecule has 3 rings (SSSR count). The van der Waals surface area contributed by atoms with Gasteiger partial charge in [0.2, 0.25) is 0 Å². The first kappa shape index (κ1) is 18.3. The third-order valence-corrected chi connectivity index (χ3v) is 5.12. The Morgan fingerprint density at radius 3 is 2.69 bits per heavy atom. The highest BCUT2D eigenvalue weighted by Crippen LogP contribution is 2.32. The second-order valence-corrected chi connectivity index (χ2v) is 7.14. The number of aryl methyl sites for hydroxylation is 2. The number of carbonyl (C=O) groups excluding carboxylic acids is 1. The molecule has 0 aliphatic rings. The molecule has 0 radical (unpaired) electrons. The standard InChI is InChI=1S/C16H14F2N4O2S2/c1-3-11-13(26-22-21-11)14(23)20-16-19-12(8(2)25-16)9-4-6-10(7-5-9)24-15(17)18/h4-7,15H,3H2,1-2H3,(H,19,20,23). The summed E-state index contributed by atoms with van der Waals surface area (Å²) >= 11 is 2.38. The highest BCUT2D eigenvalue weighted by Gasteiger charge is 2.18. The van der Waals surface area contributed by atoms with Gasteiger partial charge in [-0.1, -0.05) is 11.4 Å². The van der Waals surface area contributed by atoms with Crippen LogP contribution in [0.5, 0.6) is 5.75 Å². The molecule has 0 fully saturated rings. The number of amides is 1. The number of rotatable bonds is 6. The van der Waals surface area contributed by atoms with Crippen molar-refractivity contribution in [2.24, 2.45) is 0 Å². The highest BCUT2D eigenvalue weighted by molar-refractivity contribution is 7.16. The molecule has 2 heterocycles. The number of nitrogens with zero attached hydrogens (tertiary/aromatic N) is 3. The minimum atomic E-state index is -2.86. The van der Waals surface area contributed by atoms with Crippen molar-refractivity contribution in [1.29, 1.82) is 0 Å². The van der Waals surface area contributed by atoms with Crippen molar-refractivity contribution in [3.05, 3.63) is 39.7 Å². The molecule has 0 spiro atoms. The van der Waals surface area contributed by atoms with Gasteiger partial charge in [-0.2, -0.15) is 8.78 Å². The molecule has 2 aromatic heterocycles. The smallest absolute Gasteiger partial charge is 0.387 e. The zero-order valence-corrected chi connectivity index (χ0v) is 15.5. The molecule has 136 valence electrons. The van der Waals surface area contributed by atoms with Gasteiger partial charge in [-0.3, -0.25) is 10.1 Å². The summed E-state index contributed by atoms with van der Waals surface area (Å²) in [4.78, 5) is 18.2. The number of carbonyl (C=O) groups is 1. The van der Waals surface area contributed by atoms with E-state index in [1.807, 2.05) is 13.8 Å². The van der Waals surface area contributed by atoms with E-state index in [9.17, 15) is 13.6 Å². The molecule has 0 saturated carbocycles. The Kier molecular flexibility index (Phi) is 5.52. The van der Waals surface area contributed by atoms with Gasteiger partial charge in [0, 0.05) is 10.4 Å². The molecule has 6 nitrogen and oxygen atoms in total. The number of alkyl halides is 2. The third-order valence-electron chi connectivity index (χ3n) is 3.47. The molecule has 0 unspecified atom stereocenters. The van der Waals surface area contributed by atoms with E-state index in [1.54, 1.807) is 12.1 Å². The van der Waals surface area contributed by atoms with Crippen LogP contribution in [-0.4, -0.2) is 27.1 Å². The molecule has 0 bridgehead atoms. The van der Waals surface area contributed by atoms with Crippen LogP contribution in [0.3, 0.4) is 0 Å². The van der Waals surface area contributed by atoms with E-state index in [1.165, 1.54) is 23.5 Å². The zero-order valence-electron chi connectivity index (χ0n) is 13.8. The van der Waals surface area contributed by atoms with Gasteiger partial charge in [0.05, 0.1) is 11.4 Å². The van der Waals surface area contributed by atoms with Gasteiger partial charge in [-0.25, -0.2) is 4.98 Å². The molecule has 1 N–H and O–H groups in total. The fourth-order valence-corrected chi connectivity index (χ4v) is 3.75. The lowest BCUT2D eigenvalue weighted by atomic mass is 10.1. The van der Waals surface area contributed by atoms with E-state index in [-0.39, 0.29) is 11.7 Å². The number of hydrogen-bond acceptors (Lipinski definition) is 7. The first-order valence-corrected chi connectivity index (χ1v) is 9.22. The SMILES string of the molecule is CCc1nnsc1C(=O)Nc1nc(-c2ccc(OC(F)F)cc2)c(C)s1. The van der Waals surface area contributed by atoms with Crippen molar-refractivity contribution < 1.29 is 18.3 Å². The van der Waals surface area contributed by atoms with Crippen molar-refractivity contribution in [2.75, 3.05) is 5.32 Å². The highest BCUT2D eigenvalue weighted by atomic mass is 32.1. The Morgan fingerprint density at radius 1 is 1.31 bits per heavy atom. The summed E-state index contributed by atoms with van der Waals surface area (Å²) in [6.45, 7) is 0.913. The zero-order chi connectivity index (χ0) is 18.7. The molecular formula is C16H14F2N4O2S2. The van der Waals surface area contributed by atoms with Crippen LogP contribution in [0.25, 0.3) is 11.3 Å². The lowest BCUT2D eigenvalue weighted by Crippen LogP contribution is -2.12. The van der Waals surface area contributed by atoms with Gasteiger partial charge >= 0.3 is 6.61 Å². The number of aromatic nitrogens is 3. The fraction of sp³-hybridized carbons (Fsp3) is 0.250. The molecule has 3 aromatic rings. The molecule has 1 aromatic carbocycles. The molecule has 10 heteroatoms.